The van der Waals surface area contributed by atoms with Crippen molar-refractivity contribution < 1.29 is 9.59 Å². The molecule has 2 rings (SSSR count). The molecule has 1 N–H and O–H groups in total. The number of nitrogens with zero attached hydrogens (tertiary/aromatic N) is 1. The van der Waals surface area contributed by atoms with Gasteiger partial charge in [-0.1, -0.05) is 71.2 Å². The number of benzene rings is 2. The number of nitrogens with one attached hydrogen (secondary N) is 1. The van der Waals surface area contributed by atoms with Crippen LogP contribution in [0.25, 0.3) is 0 Å². The van der Waals surface area contributed by atoms with Gasteiger partial charge in [-0.3, -0.25) is 9.59 Å². The zero-order chi connectivity index (χ0) is 23.0. The van der Waals surface area contributed by atoms with Gasteiger partial charge in [-0.15, -0.1) is 11.8 Å². The lowest BCUT2D eigenvalue weighted by Crippen LogP contribution is -2.48. The fourth-order valence-corrected chi connectivity index (χ4v) is 4.46. The van der Waals surface area contributed by atoms with Crippen LogP contribution in [0.2, 0.25) is 10.0 Å². The van der Waals surface area contributed by atoms with Crippen molar-refractivity contribution >= 4 is 62.7 Å². The fraction of sp³-hybridized carbons (Fsp3) is 0.391. The molecule has 0 aliphatic carbocycles. The number of carbonyl (C=O) groups excluding carboxylic acids is 2. The van der Waals surface area contributed by atoms with Gasteiger partial charge in [-0.05, 0) is 48.2 Å². The maximum Gasteiger partial charge on any atom is 0.242 e. The molecule has 2 aromatic rings. The van der Waals surface area contributed by atoms with Crippen LogP contribution in [0.5, 0.6) is 0 Å². The van der Waals surface area contributed by atoms with E-state index in [0.29, 0.717) is 34.8 Å². The summed E-state index contributed by atoms with van der Waals surface area (Å²) in [5.74, 6) is 0.994. The van der Waals surface area contributed by atoms with E-state index in [0.717, 1.165) is 15.6 Å². The second kappa shape index (κ2) is 12.7. The Bertz CT molecular complexity index is 911. The average Bonchev–Trinajstić information content (AvgIpc) is 2.72. The summed E-state index contributed by atoms with van der Waals surface area (Å²) in [5.41, 5.74) is 1.95. The van der Waals surface area contributed by atoms with Crippen LogP contribution in [-0.4, -0.2) is 35.1 Å². The van der Waals surface area contributed by atoms with E-state index >= 15 is 0 Å². The molecule has 0 saturated heterocycles. The number of carbonyl (C=O) groups is 2. The topological polar surface area (TPSA) is 49.4 Å². The van der Waals surface area contributed by atoms with Crippen molar-refractivity contribution in [3.05, 3.63) is 68.1 Å². The maximum absolute atomic E-state index is 13.1. The van der Waals surface area contributed by atoms with Crippen molar-refractivity contribution in [2.24, 2.45) is 5.92 Å². The van der Waals surface area contributed by atoms with Crippen LogP contribution in [0.3, 0.4) is 0 Å². The zero-order valence-corrected chi connectivity index (χ0v) is 21.7. The molecule has 0 unspecified atom stereocenters. The van der Waals surface area contributed by atoms with Gasteiger partial charge in [0.15, 0.2) is 0 Å². The van der Waals surface area contributed by atoms with Gasteiger partial charge in [0, 0.05) is 23.3 Å². The van der Waals surface area contributed by atoms with Gasteiger partial charge in [0.05, 0.1) is 15.8 Å². The highest BCUT2D eigenvalue weighted by Crippen LogP contribution is 2.25. The molecule has 0 aliphatic heterocycles. The van der Waals surface area contributed by atoms with Crippen molar-refractivity contribution in [1.82, 2.24) is 10.2 Å². The molecule has 0 radical (unpaired) electrons. The molecule has 0 fully saturated rings. The van der Waals surface area contributed by atoms with Gasteiger partial charge >= 0.3 is 0 Å². The molecular weight excluding hydrogens is 519 g/mol. The predicted molar refractivity (Wildman–Crippen MR) is 135 cm³/mol. The van der Waals surface area contributed by atoms with Crippen molar-refractivity contribution in [2.45, 2.75) is 39.1 Å². The Labute approximate surface area is 207 Å². The number of halogens is 3. The van der Waals surface area contributed by atoms with E-state index < -0.39 is 6.04 Å². The molecule has 168 valence electrons. The zero-order valence-electron chi connectivity index (χ0n) is 17.8. The summed E-state index contributed by atoms with van der Waals surface area (Å²) in [5, 5.41) is 3.94. The molecule has 0 saturated carbocycles. The van der Waals surface area contributed by atoms with Gasteiger partial charge in [-0.25, -0.2) is 0 Å². The van der Waals surface area contributed by atoms with Crippen LogP contribution in [0.1, 0.15) is 31.9 Å². The number of hydrogen-bond donors (Lipinski definition) is 1. The lowest BCUT2D eigenvalue weighted by molar-refractivity contribution is -0.138. The highest BCUT2D eigenvalue weighted by molar-refractivity contribution is 9.10. The first-order valence-electron chi connectivity index (χ1n) is 10.0. The molecule has 0 aliphatic rings. The average molecular weight is 546 g/mol. The third-order valence-electron chi connectivity index (χ3n) is 4.57. The third-order valence-corrected chi connectivity index (χ3v) is 6.79. The van der Waals surface area contributed by atoms with E-state index in [2.05, 4.69) is 21.2 Å². The van der Waals surface area contributed by atoms with E-state index in [1.807, 2.05) is 50.2 Å². The Morgan fingerprint density at radius 3 is 2.45 bits per heavy atom. The summed E-state index contributed by atoms with van der Waals surface area (Å²) in [4.78, 5) is 27.4. The summed E-state index contributed by atoms with van der Waals surface area (Å²) in [6, 6.07) is 12.6. The summed E-state index contributed by atoms with van der Waals surface area (Å²) in [6.45, 7) is 6.79. The molecule has 2 amide bonds. The first kappa shape index (κ1) is 26.0. The second-order valence-electron chi connectivity index (χ2n) is 7.71. The van der Waals surface area contributed by atoms with Gasteiger partial charge < -0.3 is 10.2 Å². The first-order chi connectivity index (χ1) is 14.7. The molecule has 0 heterocycles. The fourth-order valence-electron chi connectivity index (χ4n) is 2.84. The van der Waals surface area contributed by atoms with Crippen LogP contribution < -0.4 is 5.32 Å². The molecule has 0 aromatic heterocycles. The Morgan fingerprint density at radius 2 is 1.81 bits per heavy atom. The Balaban J connectivity index is 2.07. The van der Waals surface area contributed by atoms with Crippen molar-refractivity contribution in [1.29, 1.82) is 0 Å². The van der Waals surface area contributed by atoms with Crippen molar-refractivity contribution in [3.63, 3.8) is 0 Å². The van der Waals surface area contributed by atoms with Crippen LogP contribution in [0.15, 0.2) is 46.9 Å². The molecule has 31 heavy (non-hydrogen) atoms. The van der Waals surface area contributed by atoms with E-state index in [-0.39, 0.29) is 17.6 Å². The predicted octanol–water partition coefficient (Wildman–Crippen LogP) is 6.18. The molecule has 8 heteroatoms. The van der Waals surface area contributed by atoms with Crippen LogP contribution in [0, 0.1) is 5.92 Å². The number of amides is 2. The molecule has 2 aromatic carbocycles. The first-order valence-corrected chi connectivity index (χ1v) is 12.7. The third kappa shape index (κ3) is 8.68. The number of hydrogen-bond acceptors (Lipinski definition) is 3. The Kier molecular flexibility index (Phi) is 10.7. The maximum atomic E-state index is 13.1. The summed E-state index contributed by atoms with van der Waals surface area (Å²) in [7, 11) is 0. The quantitative estimate of drug-likeness (QED) is 0.388. The summed E-state index contributed by atoms with van der Waals surface area (Å²) < 4.78 is 0.934. The Morgan fingerprint density at radius 1 is 1.06 bits per heavy atom. The van der Waals surface area contributed by atoms with Crippen LogP contribution in [-0.2, 0) is 21.9 Å². The van der Waals surface area contributed by atoms with E-state index in [1.54, 1.807) is 17.9 Å². The summed E-state index contributed by atoms with van der Waals surface area (Å²) >= 11 is 17.0. The molecule has 4 nitrogen and oxygen atoms in total. The van der Waals surface area contributed by atoms with Gasteiger partial charge in [0.2, 0.25) is 11.8 Å². The smallest absolute Gasteiger partial charge is 0.242 e. The summed E-state index contributed by atoms with van der Waals surface area (Å²) in [6.07, 6.45) is 0. The normalized spacial score (nSPS) is 12.0. The van der Waals surface area contributed by atoms with Crippen LogP contribution in [0.4, 0.5) is 0 Å². The number of thioether (sulfide) groups is 1. The van der Waals surface area contributed by atoms with E-state index in [9.17, 15) is 9.59 Å². The number of rotatable bonds is 10. The highest BCUT2D eigenvalue weighted by atomic mass is 79.9. The SMILES string of the molecule is CC(C)CNC(=O)[C@@H](C)N(Cc1cccc(Br)c1)C(=O)CSCc1ccc(Cl)c(Cl)c1. The van der Waals surface area contributed by atoms with Gasteiger partial charge in [0.25, 0.3) is 0 Å². The van der Waals surface area contributed by atoms with E-state index in [1.165, 1.54) is 11.8 Å². The van der Waals surface area contributed by atoms with Gasteiger partial charge in [-0.2, -0.15) is 0 Å². The van der Waals surface area contributed by atoms with Crippen LogP contribution >= 0.6 is 50.9 Å². The minimum absolute atomic E-state index is 0.0859. The minimum atomic E-state index is -0.573. The lowest BCUT2D eigenvalue weighted by atomic mass is 10.1. The van der Waals surface area contributed by atoms with Gasteiger partial charge in [0.1, 0.15) is 6.04 Å². The van der Waals surface area contributed by atoms with Crippen molar-refractivity contribution in [2.75, 3.05) is 12.3 Å². The molecule has 0 spiro atoms. The molecular formula is C23H27BrCl2N2O2S. The highest BCUT2D eigenvalue weighted by Gasteiger charge is 2.26. The second-order valence-corrected chi connectivity index (χ2v) is 10.4. The molecule has 1 atom stereocenters. The van der Waals surface area contributed by atoms with Crippen molar-refractivity contribution in [3.8, 4) is 0 Å². The Hall–Kier alpha value is -1.21. The monoisotopic (exact) mass is 544 g/mol. The largest absolute Gasteiger partial charge is 0.354 e. The molecule has 0 bridgehead atoms. The lowest BCUT2D eigenvalue weighted by Gasteiger charge is -2.29. The standard InChI is InChI=1S/C23H27BrCl2N2O2S/c1-15(2)11-27-23(30)16(3)28(12-17-5-4-6-19(24)9-17)22(29)14-31-13-18-7-8-20(25)21(26)10-18/h4-10,15-16H,11-14H2,1-3H3,(H,27,30)/t16-/m1/s1. The minimum Gasteiger partial charge on any atom is -0.354 e. The van der Waals surface area contributed by atoms with E-state index in [4.69, 9.17) is 23.2 Å².